The van der Waals surface area contributed by atoms with E-state index in [1.165, 1.54) is 0 Å². The van der Waals surface area contributed by atoms with E-state index in [0.717, 1.165) is 12.8 Å². The highest BCUT2D eigenvalue weighted by molar-refractivity contribution is 5.98. The molecule has 1 fully saturated rings. The van der Waals surface area contributed by atoms with Gasteiger partial charge in [0.05, 0.1) is 12.2 Å². The summed E-state index contributed by atoms with van der Waals surface area (Å²) < 4.78 is 10.5. The van der Waals surface area contributed by atoms with Gasteiger partial charge in [0.2, 0.25) is 0 Å². The van der Waals surface area contributed by atoms with Crippen molar-refractivity contribution in [1.82, 2.24) is 10.2 Å². The second-order valence-electron chi connectivity index (χ2n) is 5.78. The number of hydrogen-bond donors (Lipinski definition) is 1. The molecule has 1 N–H and O–H groups in total. The molecule has 0 saturated carbocycles. The van der Waals surface area contributed by atoms with E-state index in [2.05, 4.69) is 5.32 Å². The number of benzene rings is 1. The molecule has 1 saturated heterocycles. The lowest BCUT2D eigenvalue weighted by Gasteiger charge is -2.20. The van der Waals surface area contributed by atoms with Gasteiger partial charge in [-0.05, 0) is 38.8 Å². The van der Waals surface area contributed by atoms with Crippen LogP contribution in [-0.4, -0.2) is 55.0 Å². The minimum Gasteiger partial charge on any atom is -0.493 e. The normalized spacial score (nSPS) is 14.7. The zero-order valence-corrected chi connectivity index (χ0v) is 14.6. The van der Waals surface area contributed by atoms with Crippen molar-refractivity contribution in [2.75, 3.05) is 26.2 Å². The van der Waals surface area contributed by atoms with Crippen LogP contribution >= 0.6 is 0 Å². The molecule has 1 aromatic rings. The van der Waals surface area contributed by atoms with Crippen LogP contribution in [0, 0.1) is 0 Å². The van der Waals surface area contributed by atoms with Crippen molar-refractivity contribution in [3.8, 4) is 5.75 Å². The largest absolute Gasteiger partial charge is 0.493 e. The summed E-state index contributed by atoms with van der Waals surface area (Å²) in [6.45, 7) is 4.90. The molecule has 1 aliphatic heterocycles. The maximum absolute atomic E-state index is 12.2. The third-order valence-electron chi connectivity index (χ3n) is 3.90. The van der Waals surface area contributed by atoms with Crippen LogP contribution < -0.4 is 10.1 Å². The standard InChI is InChI=1S/C18H24N2O5/c1-3-24-15-9-5-4-8-14(15)17(22)19-12-16(21)25-13(2)18(23)20-10-6-7-11-20/h4-5,8-9,13H,3,6-7,10-12H2,1-2H3,(H,19,22)/t13-/m0/s1. The zero-order chi connectivity index (χ0) is 18.2. The molecule has 1 aromatic carbocycles. The van der Waals surface area contributed by atoms with Gasteiger partial charge in [-0.2, -0.15) is 0 Å². The van der Waals surface area contributed by atoms with E-state index in [1.807, 2.05) is 6.92 Å². The molecule has 2 rings (SSSR count). The van der Waals surface area contributed by atoms with E-state index < -0.39 is 18.0 Å². The number of likely N-dealkylation sites (tertiary alicyclic amines) is 1. The summed E-state index contributed by atoms with van der Waals surface area (Å²) in [4.78, 5) is 37.9. The van der Waals surface area contributed by atoms with E-state index >= 15 is 0 Å². The van der Waals surface area contributed by atoms with Crippen LogP contribution in [0.4, 0.5) is 0 Å². The van der Waals surface area contributed by atoms with Crippen LogP contribution in [0.2, 0.25) is 0 Å². The average Bonchev–Trinajstić information content (AvgIpc) is 3.14. The van der Waals surface area contributed by atoms with Crippen LogP contribution in [0.1, 0.15) is 37.0 Å². The Morgan fingerprint density at radius 1 is 1.20 bits per heavy atom. The molecule has 0 aliphatic carbocycles. The molecule has 2 amide bonds. The highest BCUT2D eigenvalue weighted by Gasteiger charge is 2.26. The summed E-state index contributed by atoms with van der Waals surface area (Å²) >= 11 is 0. The second-order valence-corrected chi connectivity index (χ2v) is 5.78. The Balaban J connectivity index is 1.83. The Morgan fingerprint density at radius 2 is 1.88 bits per heavy atom. The summed E-state index contributed by atoms with van der Waals surface area (Å²) in [5.74, 6) is -0.825. The van der Waals surface area contributed by atoms with E-state index in [4.69, 9.17) is 9.47 Å². The minimum absolute atomic E-state index is 0.195. The van der Waals surface area contributed by atoms with Gasteiger partial charge in [0.25, 0.3) is 11.8 Å². The molecule has 0 bridgehead atoms. The molecule has 7 nitrogen and oxygen atoms in total. The maximum Gasteiger partial charge on any atom is 0.326 e. The van der Waals surface area contributed by atoms with Crippen molar-refractivity contribution in [2.45, 2.75) is 32.8 Å². The Morgan fingerprint density at radius 3 is 2.56 bits per heavy atom. The first-order valence-corrected chi connectivity index (χ1v) is 8.51. The monoisotopic (exact) mass is 348 g/mol. The number of hydrogen-bond acceptors (Lipinski definition) is 5. The van der Waals surface area contributed by atoms with E-state index in [9.17, 15) is 14.4 Å². The number of rotatable bonds is 7. The van der Waals surface area contributed by atoms with Crippen molar-refractivity contribution in [3.63, 3.8) is 0 Å². The van der Waals surface area contributed by atoms with Crippen LogP contribution in [-0.2, 0) is 14.3 Å². The second kappa shape index (κ2) is 9.05. The van der Waals surface area contributed by atoms with Crippen LogP contribution in [0.15, 0.2) is 24.3 Å². The van der Waals surface area contributed by atoms with Gasteiger partial charge in [-0.3, -0.25) is 14.4 Å². The van der Waals surface area contributed by atoms with Crippen LogP contribution in [0.5, 0.6) is 5.75 Å². The first kappa shape index (κ1) is 18.8. The number of nitrogens with one attached hydrogen (secondary N) is 1. The summed E-state index contributed by atoms with van der Waals surface area (Å²) in [5, 5.41) is 2.49. The number of carbonyl (C=O) groups is 3. The number of esters is 1. The third-order valence-corrected chi connectivity index (χ3v) is 3.90. The van der Waals surface area contributed by atoms with E-state index in [0.29, 0.717) is 31.0 Å². The smallest absolute Gasteiger partial charge is 0.326 e. The molecule has 0 radical (unpaired) electrons. The quantitative estimate of drug-likeness (QED) is 0.752. The molecule has 1 heterocycles. The first-order valence-electron chi connectivity index (χ1n) is 8.51. The minimum atomic E-state index is -0.849. The zero-order valence-electron chi connectivity index (χ0n) is 14.6. The molecule has 7 heteroatoms. The SMILES string of the molecule is CCOc1ccccc1C(=O)NCC(=O)O[C@@H](C)C(=O)N1CCCC1. The van der Waals surface area contributed by atoms with E-state index in [-0.39, 0.29) is 12.5 Å². The van der Waals surface area contributed by atoms with Crippen molar-refractivity contribution in [2.24, 2.45) is 0 Å². The molecule has 136 valence electrons. The molecule has 25 heavy (non-hydrogen) atoms. The van der Waals surface area contributed by atoms with Gasteiger partial charge in [0.15, 0.2) is 6.10 Å². The van der Waals surface area contributed by atoms with Crippen LogP contribution in [0.25, 0.3) is 0 Å². The lowest BCUT2D eigenvalue weighted by Crippen LogP contribution is -2.40. The Bertz CT molecular complexity index is 626. The highest BCUT2D eigenvalue weighted by Crippen LogP contribution is 2.17. The fourth-order valence-corrected chi connectivity index (χ4v) is 2.67. The predicted molar refractivity (Wildman–Crippen MR) is 91.3 cm³/mol. The fourth-order valence-electron chi connectivity index (χ4n) is 2.67. The Hall–Kier alpha value is -2.57. The molecule has 0 spiro atoms. The number of amides is 2. The van der Waals surface area contributed by atoms with Crippen molar-refractivity contribution < 1.29 is 23.9 Å². The molecule has 1 aliphatic rings. The number of nitrogens with zero attached hydrogens (tertiary/aromatic N) is 1. The average molecular weight is 348 g/mol. The molecular weight excluding hydrogens is 324 g/mol. The first-order chi connectivity index (χ1) is 12.0. The van der Waals surface area contributed by atoms with Crippen molar-refractivity contribution >= 4 is 17.8 Å². The number of para-hydroxylation sites is 1. The van der Waals surface area contributed by atoms with Gasteiger partial charge in [0, 0.05) is 13.1 Å². The van der Waals surface area contributed by atoms with Crippen molar-refractivity contribution in [1.29, 1.82) is 0 Å². The highest BCUT2D eigenvalue weighted by atomic mass is 16.5. The number of carbonyl (C=O) groups excluding carboxylic acids is 3. The fraction of sp³-hybridized carbons (Fsp3) is 0.500. The van der Waals surface area contributed by atoms with E-state index in [1.54, 1.807) is 36.1 Å². The number of ether oxygens (including phenoxy) is 2. The van der Waals surface area contributed by atoms with Crippen molar-refractivity contribution in [3.05, 3.63) is 29.8 Å². The Labute approximate surface area is 147 Å². The van der Waals surface area contributed by atoms with Gasteiger partial charge in [-0.25, -0.2) is 0 Å². The molecule has 0 unspecified atom stereocenters. The lowest BCUT2D eigenvalue weighted by atomic mass is 10.2. The van der Waals surface area contributed by atoms with Gasteiger partial charge < -0.3 is 19.7 Å². The van der Waals surface area contributed by atoms with Gasteiger partial charge in [-0.1, -0.05) is 12.1 Å². The van der Waals surface area contributed by atoms with Crippen LogP contribution in [0.3, 0.4) is 0 Å². The molecule has 0 aromatic heterocycles. The molecule has 1 atom stereocenters. The summed E-state index contributed by atoms with van der Waals surface area (Å²) in [6.07, 6.45) is 1.10. The van der Waals surface area contributed by atoms with Gasteiger partial charge in [0.1, 0.15) is 12.3 Å². The summed E-state index contributed by atoms with van der Waals surface area (Å²) in [6, 6.07) is 6.78. The predicted octanol–water partition coefficient (Wildman–Crippen LogP) is 1.37. The summed E-state index contributed by atoms with van der Waals surface area (Å²) in [7, 11) is 0. The lowest BCUT2D eigenvalue weighted by molar-refractivity contribution is -0.157. The Kier molecular flexibility index (Phi) is 6.80. The summed E-state index contributed by atoms with van der Waals surface area (Å²) in [5.41, 5.74) is 0.346. The topological polar surface area (TPSA) is 84.9 Å². The van der Waals surface area contributed by atoms with Gasteiger partial charge in [-0.15, -0.1) is 0 Å². The van der Waals surface area contributed by atoms with Gasteiger partial charge >= 0.3 is 5.97 Å². The maximum atomic E-state index is 12.2. The molecular formula is C18H24N2O5. The third kappa shape index (κ3) is 5.20.